The van der Waals surface area contributed by atoms with Crippen molar-refractivity contribution in [3.8, 4) is 6.07 Å². The lowest BCUT2D eigenvalue weighted by Crippen LogP contribution is -2.13. The first-order valence-electron chi connectivity index (χ1n) is 7.40. The van der Waals surface area contributed by atoms with E-state index in [1.54, 1.807) is 11.3 Å². The minimum atomic E-state index is -0.0620. The molecule has 0 unspecified atom stereocenters. The van der Waals surface area contributed by atoms with E-state index < -0.39 is 0 Å². The molecule has 6 heteroatoms. The molecule has 0 aliphatic heterocycles. The summed E-state index contributed by atoms with van der Waals surface area (Å²) in [5.74, 6) is 0.280. The van der Waals surface area contributed by atoms with E-state index in [-0.39, 0.29) is 5.91 Å². The zero-order chi connectivity index (χ0) is 16.2. The third kappa shape index (κ3) is 3.97. The summed E-state index contributed by atoms with van der Waals surface area (Å²) in [4.78, 5) is 14.5. The van der Waals surface area contributed by atoms with Crippen LogP contribution in [0.15, 0.2) is 33.6 Å². The fraction of sp³-hybridized carbons (Fsp3) is 0.294. The van der Waals surface area contributed by atoms with E-state index >= 15 is 0 Å². The molecular formula is C17H15BrN2OS2. The molecule has 1 heterocycles. The Bertz CT molecular complexity index is 762. The van der Waals surface area contributed by atoms with Gasteiger partial charge in [0.15, 0.2) is 0 Å². The normalized spacial score (nSPS) is 13.2. The van der Waals surface area contributed by atoms with Crippen molar-refractivity contribution in [2.45, 2.75) is 30.6 Å². The lowest BCUT2D eigenvalue weighted by atomic mass is 9.96. The number of thiophene rings is 1. The average molecular weight is 407 g/mol. The summed E-state index contributed by atoms with van der Waals surface area (Å²) in [7, 11) is 0. The van der Waals surface area contributed by atoms with Crippen molar-refractivity contribution < 1.29 is 4.79 Å². The Balaban J connectivity index is 1.65. The molecule has 1 aliphatic carbocycles. The van der Waals surface area contributed by atoms with Gasteiger partial charge in [-0.15, -0.1) is 23.1 Å². The molecule has 3 rings (SSSR count). The number of fused-ring (bicyclic) bond motifs is 1. The first-order valence-corrected chi connectivity index (χ1v) is 9.99. The van der Waals surface area contributed by atoms with E-state index in [1.165, 1.54) is 23.1 Å². The molecule has 3 nitrogen and oxygen atoms in total. The van der Waals surface area contributed by atoms with Gasteiger partial charge in [0, 0.05) is 14.2 Å². The van der Waals surface area contributed by atoms with Gasteiger partial charge < -0.3 is 5.32 Å². The molecule has 0 radical (unpaired) electrons. The van der Waals surface area contributed by atoms with E-state index in [0.717, 1.165) is 39.2 Å². The van der Waals surface area contributed by atoms with Crippen LogP contribution in [0.3, 0.4) is 0 Å². The summed E-state index contributed by atoms with van der Waals surface area (Å²) in [6, 6.07) is 10.1. The maximum Gasteiger partial charge on any atom is 0.235 e. The van der Waals surface area contributed by atoms with E-state index in [4.69, 9.17) is 0 Å². The van der Waals surface area contributed by atoms with Crippen LogP contribution in [0.2, 0.25) is 0 Å². The Morgan fingerprint density at radius 3 is 2.78 bits per heavy atom. The van der Waals surface area contributed by atoms with Gasteiger partial charge in [0.1, 0.15) is 11.1 Å². The smallest absolute Gasteiger partial charge is 0.235 e. The number of carbonyl (C=O) groups is 1. The highest BCUT2D eigenvalue weighted by molar-refractivity contribution is 9.10. The first kappa shape index (κ1) is 16.6. The summed E-state index contributed by atoms with van der Waals surface area (Å²) in [5, 5.41) is 13.1. The van der Waals surface area contributed by atoms with Crippen LogP contribution in [-0.2, 0) is 17.6 Å². The van der Waals surface area contributed by atoms with Crippen LogP contribution < -0.4 is 5.32 Å². The number of hydrogen-bond acceptors (Lipinski definition) is 4. The SMILES string of the molecule is N#Cc1c(NC(=O)CSc2ccc(Br)cc2)sc2c1CCCC2. The van der Waals surface area contributed by atoms with Crippen molar-refractivity contribution in [3.05, 3.63) is 44.7 Å². The minimum absolute atomic E-state index is 0.0620. The third-order valence-electron chi connectivity index (χ3n) is 3.72. The van der Waals surface area contributed by atoms with Crippen molar-refractivity contribution in [2.75, 3.05) is 11.1 Å². The number of aryl methyl sites for hydroxylation is 1. The average Bonchev–Trinajstić information content (AvgIpc) is 2.91. The predicted octanol–water partition coefficient (Wildman–Crippen LogP) is 4.99. The zero-order valence-corrected chi connectivity index (χ0v) is 15.6. The number of benzene rings is 1. The van der Waals surface area contributed by atoms with Gasteiger partial charge in [-0.2, -0.15) is 5.26 Å². The second kappa shape index (κ2) is 7.52. The van der Waals surface area contributed by atoms with Crippen molar-refractivity contribution >= 4 is 49.9 Å². The van der Waals surface area contributed by atoms with Crippen molar-refractivity contribution in [3.63, 3.8) is 0 Å². The summed E-state index contributed by atoms with van der Waals surface area (Å²) in [6.07, 6.45) is 4.28. The molecule has 118 valence electrons. The second-order valence-electron chi connectivity index (χ2n) is 5.32. The molecule has 0 saturated heterocycles. The molecular weight excluding hydrogens is 392 g/mol. The van der Waals surface area contributed by atoms with Crippen LogP contribution in [0.1, 0.15) is 28.8 Å². The van der Waals surface area contributed by atoms with Gasteiger partial charge in [0.25, 0.3) is 0 Å². The van der Waals surface area contributed by atoms with Gasteiger partial charge >= 0.3 is 0 Å². The molecule has 1 aliphatic rings. The van der Waals surface area contributed by atoms with Crippen LogP contribution in [0.25, 0.3) is 0 Å². The van der Waals surface area contributed by atoms with Crippen LogP contribution in [-0.4, -0.2) is 11.7 Å². The summed E-state index contributed by atoms with van der Waals surface area (Å²) >= 11 is 6.46. The molecule has 1 N–H and O–H groups in total. The number of amides is 1. The molecule has 0 fully saturated rings. The van der Waals surface area contributed by atoms with Gasteiger partial charge in [-0.05, 0) is 55.5 Å². The number of hydrogen-bond donors (Lipinski definition) is 1. The Morgan fingerprint density at radius 1 is 1.30 bits per heavy atom. The van der Waals surface area contributed by atoms with Gasteiger partial charge in [-0.3, -0.25) is 4.79 Å². The van der Waals surface area contributed by atoms with Crippen LogP contribution in [0.4, 0.5) is 5.00 Å². The standard InChI is InChI=1S/C17H15BrN2OS2/c18-11-5-7-12(8-6-11)22-10-16(21)20-17-14(9-19)13-3-1-2-4-15(13)23-17/h5-8H,1-4,10H2,(H,20,21). The molecule has 0 bridgehead atoms. The lowest BCUT2D eigenvalue weighted by molar-refractivity contribution is -0.113. The second-order valence-corrected chi connectivity index (χ2v) is 8.39. The van der Waals surface area contributed by atoms with E-state index in [0.29, 0.717) is 11.3 Å². The van der Waals surface area contributed by atoms with E-state index in [9.17, 15) is 10.1 Å². The van der Waals surface area contributed by atoms with Gasteiger partial charge in [-0.25, -0.2) is 0 Å². The maximum absolute atomic E-state index is 12.2. The number of thioether (sulfide) groups is 1. The monoisotopic (exact) mass is 406 g/mol. The Hall–Kier alpha value is -1.29. The van der Waals surface area contributed by atoms with Gasteiger partial charge in [0.2, 0.25) is 5.91 Å². The minimum Gasteiger partial charge on any atom is -0.316 e. The Morgan fingerprint density at radius 2 is 2.04 bits per heavy atom. The molecule has 23 heavy (non-hydrogen) atoms. The number of halogens is 1. The van der Waals surface area contributed by atoms with Gasteiger partial charge in [-0.1, -0.05) is 15.9 Å². The highest BCUT2D eigenvalue weighted by Crippen LogP contribution is 2.37. The third-order valence-corrected chi connectivity index (χ3v) is 6.47. The fourth-order valence-corrected chi connectivity index (χ4v) is 4.83. The maximum atomic E-state index is 12.2. The van der Waals surface area contributed by atoms with Crippen molar-refractivity contribution in [1.29, 1.82) is 5.26 Å². The number of nitrogens with zero attached hydrogens (tertiary/aromatic N) is 1. The Labute approximate surface area is 152 Å². The number of nitrogens with one attached hydrogen (secondary N) is 1. The number of rotatable bonds is 4. The molecule has 1 amide bonds. The number of nitriles is 1. The van der Waals surface area contributed by atoms with E-state index in [2.05, 4.69) is 27.3 Å². The van der Waals surface area contributed by atoms with E-state index in [1.807, 2.05) is 24.3 Å². The molecule has 0 atom stereocenters. The molecule has 0 spiro atoms. The molecule has 1 aromatic heterocycles. The van der Waals surface area contributed by atoms with Crippen LogP contribution in [0, 0.1) is 11.3 Å². The number of carbonyl (C=O) groups excluding carboxylic acids is 1. The van der Waals surface area contributed by atoms with Crippen LogP contribution >= 0.6 is 39.0 Å². The molecule has 2 aromatic rings. The predicted molar refractivity (Wildman–Crippen MR) is 99.2 cm³/mol. The highest BCUT2D eigenvalue weighted by Gasteiger charge is 2.21. The summed E-state index contributed by atoms with van der Waals surface area (Å²) in [6.45, 7) is 0. The van der Waals surface area contributed by atoms with Crippen LogP contribution in [0.5, 0.6) is 0 Å². The quantitative estimate of drug-likeness (QED) is 0.727. The van der Waals surface area contributed by atoms with Gasteiger partial charge in [0.05, 0.1) is 11.3 Å². The highest BCUT2D eigenvalue weighted by atomic mass is 79.9. The zero-order valence-electron chi connectivity index (χ0n) is 12.4. The topological polar surface area (TPSA) is 52.9 Å². The summed E-state index contributed by atoms with van der Waals surface area (Å²) in [5.41, 5.74) is 1.83. The van der Waals surface area contributed by atoms with Crippen molar-refractivity contribution in [2.24, 2.45) is 0 Å². The Kier molecular flexibility index (Phi) is 5.42. The summed E-state index contributed by atoms with van der Waals surface area (Å²) < 4.78 is 1.02. The molecule has 0 saturated carbocycles. The fourth-order valence-electron chi connectivity index (χ4n) is 2.61. The molecule has 1 aromatic carbocycles. The number of anilines is 1. The largest absolute Gasteiger partial charge is 0.316 e. The first-order chi connectivity index (χ1) is 11.2. The lowest BCUT2D eigenvalue weighted by Gasteiger charge is -2.09. The van der Waals surface area contributed by atoms with Crippen molar-refractivity contribution in [1.82, 2.24) is 0 Å².